The zero-order chi connectivity index (χ0) is 14.9. The van der Waals surface area contributed by atoms with E-state index in [0.29, 0.717) is 6.54 Å². The fourth-order valence-corrected chi connectivity index (χ4v) is 2.53. The Kier molecular flexibility index (Phi) is 6.31. The first-order chi connectivity index (χ1) is 10.3. The molecule has 0 atom stereocenters. The number of nitrogens with zero attached hydrogens (tertiary/aromatic N) is 3. The minimum Gasteiger partial charge on any atom is -0.357 e. The third-order valence-electron chi connectivity index (χ3n) is 3.60. The molecule has 0 aromatic carbocycles. The molecule has 0 bridgehead atoms. The molecule has 0 saturated carbocycles. The van der Waals surface area contributed by atoms with Gasteiger partial charge in [0.15, 0.2) is 5.96 Å². The number of hydrogen-bond acceptors (Lipinski definition) is 3. The molecule has 0 amide bonds. The Labute approximate surface area is 127 Å². The van der Waals surface area contributed by atoms with Crippen molar-refractivity contribution in [1.29, 1.82) is 0 Å². The van der Waals surface area contributed by atoms with Crippen LogP contribution in [0.5, 0.6) is 0 Å². The maximum Gasteiger partial charge on any atom is 0.191 e. The maximum absolute atomic E-state index is 4.61. The Morgan fingerprint density at radius 1 is 1.19 bits per heavy atom. The summed E-state index contributed by atoms with van der Waals surface area (Å²) >= 11 is 0. The number of piperidine rings is 1. The topological polar surface area (TPSA) is 52.6 Å². The molecule has 2 N–H and O–H groups in total. The van der Waals surface area contributed by atoms with Crippen molar-refractivity contribution in [3.63, 3.8) is 0 Å². The van der Waals surface area contributed by atoms with E-state index in [9.17, 15) is 0 Å². The van der Waals surface area contributed by atoms with E-state index in [2.05, 4.69) is 45.4 Å². The number of pyridine rings is 1. The first-order valence-corrected chi connectivity index (χ1v) is 8.05. The SMILES string of the molecule is CCNC(=NCc1ccnc(N2CCCCC2)c1)NCC. The van der Waals surface area contributed by atoms with Crippen LogP contribution < -0.4 is 15.5 Å². The number of rotatable bonds is 5. The van der Waals surface area contributed by atoms with Crippen molar-refractivity contribution < 1.29 is 0 Å². The summed E-state index contributed by atoms with van der Waals surface area (Å²) in [5, 5.41) is 6.49. The van der Waals surface area contributed by atoms with E-state index in [-0.39, 0.29) is 0 Å². The molecule has 1 aromatic heterocycles. The van der Waals surface area contributed by atoms with Gasteiger partial charge >= 0.3 is 0 Å². The molecule has 5 heteroatoms. The second-order valence-corrected chi connectivity index (χ2v) is 5.30. The van der Waals surface area contributed by atoms with Crippen LogP contribution in [0.1, 0.15) is 38.7 Å². The minimum absolute atomic E-state index is 0.679. The van der Waals surface area contributed by atoms with Crippen LogP contribution in [-0.2, 0) is 6.54 Å². The third kappa shape index (κ3) is 4.92. The molecule has 1 aromatic rings. The summed E-state index contributed by atoms with van der Waals surface area (Å²) in [6, 6.07) is 4.22. The molecule has 1 saturated heterocycles. The van der Waals surface area contributed by atoms with E-state index in [1.807, 2.05) is 12.3 Å². The van der Waals surface area contributed by atoms with Crippen molar-refractivity contribution in [2.45, 2.75) is 39.7 Å². The van der Waals surface area contributed by atoms with Crippen molar-refractivity contribution in [2.75, 3.05) is 31.1 Å². The van der Waals surface area contributed by atoms with E-state index >= 15 is 0 Å². The number of aromatic nitrogens is 1. The standard InChI is InChI=1S/C16H27N5/c1-3-17-16(18-4-2)20-13-14-8-9-19-15(12-14)21-10-6-5-7-11-21/h8-9,12H,3-7,10-11,13H2,1-2H3,(H2,17,18,20). The number of nitrogens with one attached hydrogen (secondary N) is 2. The van der Waals surface area contributed by atoms with Crippen LogP contribution in [0.4, 0.5) is 5.82 Å². The molecule has 0 spiro atoms. The van der Waals surface area contributed by atoms with Crippen LogP contribution in [0.2, 0.25) is 0 Å². The minimum atomic E-state index is 0.679. The summed E-state index contributed by atoms with van der Waals surface area (Å²) in [6.07, 6.45) is 5.79. The molecule has 0 aliphatic carbocycles. The number of aliphatic imine (C=N–C) groups is 1. The van der Waals surface area contributed by atoms with Gasteiger partial charge in [-0.1, -0.05) is 0 Å². The Hall–Kier alpha value is -1.78. The molecule has 5 nitrogen and oxygen atoms in total. The molecule has 0 radical (unpaired) electrons. The lowest BCUT2D eigenvalue weighted by Gasteiger charge is -2.27. The van der Waals surface area contributed by atoms with Crippen LogP contribution in [0, 0.1) is 0 Å². The van der Waals surface area contributed by atoms with Gasteiger partial charge in [0.05, 0.1) is 6.54 Å². The van der Waals surface area contributed by atoms with Crippen molar-refractivity contribution in [1.82, 2.24) is 15.6 Å². The Balaban J connectivity index is 2.01. The van der Waals surface area contributed by atoms with Crippen molar-refractivity contribution >= 4 is 11.8 Å². The van der Waals surface area contributed by atoms with E-state index in [1.54, 1.807) is 0 Å². The molecule has 2 heterocycles. The molecule has 1 aliphatic rings. The van der Waals surface area contributed by atoms with Gasteiger partial charge in [-0.15, -0.1) is 0 Å². The third-order valence-corrected chi connectivity index (χ3v) is 3.60. The summed E-state index contributed by atoms with van der Waals surface area (Å²) in [5.41, 5.74) is 1.21. The van der Waals surface area contributed by atoms with Crippen LogP contribution >= 0.6 is 0 Å². The lowest BCUT2D eigenvalue weighted by Crippen LogP contribution is -2.37. The summed E-state index contributed by atoms with van der Waals surface area (Å²) in [6.45, 7) is 8.84. The van der Waals surface area contributed by atoms with Crippen LogP contribution in [-0.4, -0.2) is 37.1 Å². The second-order valence-electron chi connectivity index (χ2n) is 5.30. The van der Waals surface area contributed by atoms with Crippen molar-refractivity contribution in [3.05, 3.63) is 23.9 Å². The van der Waals surface area contributed by atoms with Crippen molar-refractivity contribution in [2.24, 2.45) is 4.99 Å². The van der Waals surface area contributed by atoms with Gasteiger partial charge in [-0.25, -0.2) is 9.98 Å². The number of guanidine groups is 1. The fraction of sp³-hybridized carbons (Fsp3) is 0.625. The van der Waals surface area contributed by atoms with Gasteiger partial charge in [0.25, 0.3) is 0 Å². The largest absolute Gasteiger partial charge is 0.357 e. The smallest absolute Gasteiger partial charge is 0.191 e. The molecular formula is C16H27N5. The number of anilines is 1. The summed E-state index contributed by atoms with van der Waals surface area (Å²) in [4.78, 5) is 11.5. The van der Waals surface area contributed by atoms with E-state index in [1.165, 1.54) is 24.8 Å². The van der Waals surface area contributed by atoms with E-state index in [0.717, 1.165) is 38.0 Å². The highest BCUT2D eigenvalue weighted by Gasteiger charge is 2.12. The highest BCUT2D eigenvalue weighted by molar-refractivity contribution is 5.79. The molecule has 0 unspecified atom stereocenters. The van der Waals surface area contributed by atoms with Crippen LogP contribution in [0.25, 0.3) is 0 Å². The molecule has 1 aliphatic heterocycles. The van der Waals surface area contributed by atoms with Gasteiger partial charge in [0, 0.05) is 32.4 Å². The lowest BCUT2D eigenvalue weighted by atomic mass is 10.1. The zero-order valence-corrected chi connectivity index (χ0v) is 13.2. The van der Waals surface area contributed by atoms with Crippen LogP contribution in [0.15, 0.2) is 23.3 Å². The highest BCUT2D eigenvalue weighted by atomic mass is 15.2. The molecule has 2 rings (SSSR count). The molecule has 1 fully saturated rings. The van der Waals surface area contributed by atoms with Gasteiger partial charge in [0.1, 0.15) is 5.82 Å². The molecular weight excluding hydrogens is 262 g/mol. The Bertz CT molecular complexity index is 444. The average molecular weight is 289 g/mol. The summed E-state index contributed by atoms with van der Waals surface area (Å²) in [7, 11) is 0. The first kappa shape index (κ1) is 15.6. The highest BCUT2D eigenvalue weighted by Crippen LogP contribution is 2.18. The zero-order valence-electron chi connectivity index (χ0n) is 13.2. The quantitative estimate of drug-likeness (QED) is 0.644. The normalized spacial score (nSPS) is 14.7. The van der Waals surface area contributed by atoms with Gasteiger partial charge in [-0.2, -0.15) is 0 Å². The Morgan fingerprint density at radius 2 is 1.90 bits per heavy atom. The second kappa shape index (κ2) is 8.49. The van der Waals surface area contributed by atoms with E-state index in [4.69, 9.17) is 0 Å². The summed E-state index contributed by atoms with van der Waals surface area (Å²) in [5.74, 6) is 1.96. The van der Waals surface area contributed by atoms with E-state index < -0.39 is 0 Å². The average Bonchev–Trinajstić information content (AvgIpc) is 2.54. The van der Waals surface area contributed by atoms with Gasteiger partial charge in [-0.05, 0) is 50.8 Å². The molecule has 116 valence electrons. The van der Waals surface area contributed by atoms with Gasteiger partial charge in [0.2, 0.25) is 0 Å². The van der Waals surface area contributed by atoms with Gasteiger partial charge < -0.3 is 15.5 Å². The fourth-order valence-electron chi connectivity index (χ4n) is 2.53. The Morgan fingerprint density at radius 3 is 2.57 bits per heavy atom. The first-order valence-electron chi connectivity index (χ1n) is 8.05. The molecule has 21 heavy (non-hydrogen) atoms. The monoisotopic (exact) mass is 289 g/mol. The van der Waals surface area contributed by atoms with Gasteiger partial charge in [-0.3, -0.25) is 0 Å². The van der Waals surface area contributed by atoms with Crippen molar-refractivity contribution in [3.8, 4) is 0 Å². The number of hydrogen-bond donors (Lipinski definition) is 2. The predicted molar refractivity (Wildman–Crippen MR) is 88.8 cm³/mol. The summed E-state index contributed by atoms with van der Waals surface area (Å²) < 4.78 is 0. The predicted octanol–water partition coefficient (Wildman–Crippen LogP) is 2.15. The lowest BCUT2D eigenvalue weighted by molar-refractivity contribution is 0.573. The van der Waals surface area contributed by atoms with Crippen LogP contribution in [0.3, 0.4) is 0 Å². The maximum atomic E-state index is 4.61.